The van der Waals surface area contributed by atoms with Crippen LogP contribution >= 0.6 is 0 Å². The minimum atomic E-state index is -0.512. The lowest BCUT2D eigenvalue weighted by molar-refractivity contribution is 0.0523. The fraction of sp³-hybridized carbons (Fsp3) is 0.385. The first kappa shape index (κ1) is 13.4. The van der Waals surface area contributed by atoms with Gasteiger partial charge in [-0.2, -0.15) is 0 Å². The summed E-state index contributed by atoms with van der Waals surface area (Å²) in [5, 5.41) is 9.30. The minimum Gasteiger partial charge on any atom is -0.462 e. The van der Waals surface area contributed by atoms with E-state index in [1.807, 2.05) is 0 Å². The summed E-state index contributed by atoms with van der Waals surface area (Å²) in [7, 11) is 0. The molecular formula is C13H16O4. The first-order valence-electron chi connectivity index (χ1n) is 5.58. The van der Waals surface area contributed by atoms with E-state index in [9.17, 15) is 14.7 Å². The molecule has 0 aliphatic carbocycles. The summed E-state index contributed by atoms with van der Waals surface area (Å²) in [4.78, 5) is 23.3. The van der Waals surface area contributed by atoms with E-state index in [0.29, 0.717) is 17.5 Å². The molecule has 1 aromatic carbocycles. The standard InChI is InChI=1S/C13H16O4/c1-3-12(15)9-6-5-7-10(11(9)8-14)13(16)17-4-2/h5-7,14H,3-4,8H2,1-2H3. The van der Waals surface area contributed by atoms with E-state index in [-0.39, 0.29) is 24.6 Å². The lowest BCUT2D eigenvalue weighted by Gasteiger charge is -2.10. The monoisotopic (exact) mass is 236 g/mol. The molecule has 0 atom stereocenters. The van der Waals surface area contributed by atoms with Gasteiger partial charge in [-0.15, -0.1) is 0 Å². The molecule has 4 heteroatoms. The number of ether oxygens (including phenoxy) is 1. The van der Waals surface area contributed by atoms with Crippen LogP contribution in [0.5, 0.6) is 0 Å². The number of hydrogen-bond acceptors (Lipinski definition) is 4. The molecule has 1 rings (SSSR count). The highest BCUT2D eigenvalue weighted by atomic mass is 16.5. The maximum absolute atomic E-state index is 11.7. The third-order valence-electron chi connectivity index (χ3n) is 2.45. The zero-order valence-electron chi connectivity index (χ0n) is 10.0. The van der Waals surface area contributed by atoms with Crippen LogP contribution in [0.25, 0.3) is 0 Å². The second-order valence-electron chi connectivity index (χ2n) is 3.49. The molecule has 0 amide bonds. The van der Waals surface area contributed by atoms with Gasteiger partial charge in [-0.1, -0.05) is 19.1 Å². The Morgan fingerprint density at radius 3 is 2.41 bits per heavy atom. The largest absolute Gasteiger partial charge is 0.462 e. The molecule has 0 spiro atoms. The van der Waals surface area contributed by atoms with Gasteiger partial charge >= 0.3 is 5.97 Å². The van der Waals surface area contributed by atoms with E-state index in [1.54, 1.807) is 32.0 Å². The highest BCUT2D eigenvalue weighted by Gasteiger charge is 2.17. The van der Waals surface area contributed by atoms with Crippen molar-refractivity contribution in [3.8, 4) is 0 Å². The van der Waals surface area contributed by atoms with Gasteiger partial charge in [-0.05, 0) is 13.0 Å². The second-order valence-corrected chi connectivity index (χ2v) is 3.49. The molecule has 0 fully saturated rings. The number of hydrogen-bond donors (Lipinski definition) is 1. The third-order valence-corrected chi connectivity index (χ3v) is 2.45. The van der Waals surface area contributed by atoms with Crippen molar-refractivity contribution in [2.45, 2.75) is 26.9 Å². The Morgan fingerprint density at radius 1 is 1.24 bits per heavy atom. The molecule has 0 bridgehead atoms. The predicted molar refractivity (Wildman–Crippen MR) is 62.9 cm³/mol. The van der Waals surface area contributed by atoms with Crippen molar-refractivity contribution in [1.82, 2.24) is 0 Å². The molecule has 0 unspecified atom stereocenters. The summed E-state index contributed by atoms with van der Waals surface area (Å²) in [5.74, 6) is -0.609. The van der Waals surface area contributed by atoms with Gasteiger partial charge in [-0.25, -0.2) is 4.79 Å². The molecule has 0 radical (unpaired) electrons. The first-order valence-corrected chi connectivity index (χ1v) is 5.58. The Hall–Kier alpha value is -1.68. The SMILES string of the molecule is CCOC(=O)c1cccc(C(=O)CC)c1CO. The number of benzene rings is 1. The van der Waals surface area contributed by atoms with Crippen LogP contribution < -0.4 is 0 Å². The van der Waals surface area contributed by atoms with E-state index in [1.165, 1.54) is 0 Å². The number of aliphatic hydroxyl groups excluding tert-OH is 1. The van der Waals surface area contributed by atoms with Crippen LogP contribution in [0, 0.1) is 0 Å². The number of aliphatic hydroxyl groups is 1. The van der Waals surface area contributed by atoms with Crippen LogP contribution in [-0.2, 0) is 11.3 Å². The van der Waals surface area contributed by atoms with Crippen LogP contribution in [0.1, 0.15) is 46.5 Å². The van der Waals surface area contributed by atoms with Crippen LogP contribution in [0.3, 0.4) is 0 Å². The summed E-state index contributed by atoms with van der Waals surface area (Å²) in [5.41, 5.74) is 0.993. The Balaban J connectivity index is 3.23. The number of carbonyl (C=O) groups excluding carboxylic acids is 2. The second kappa shape index (κ2) is 6.15. The lowest BCUT2D eigenvalue weighted by atomic mass is 9.97. The molecule has 1 N–H and O–H groups in total. The summed E-state index contributed by atoms with van der Waals surface area (Å²) < 4.78 is 4.88. The van der Waals surface area contributed by atoms with Gasteiger partial charge in [0.15, 0.2) is 5.78 Å². The van der Waals surface area contributed by atoms with Crippen molar-refractivity contribution >= 4 is 11.8 Å². The van der Waals surface area contributed by atoms with Crippen LogP contribution in [0.4, 0.5) is 0 Å². The molecule has 0 heterocycles. The molecule has 0 aliphatic rings. The Bertz CT molecular complexity index is 423. The zero-order chi connectivity index (χ0) is 12.8. The van der Waals surface area contributed by atoms with Crippen molar-refractivity contribution < 1.29 is 19.4 Å². The van der Waals surface area contributed by atoms with Gasteiger partial charge in [-0.3, -0.25) is 4.79 Å². The van der Waals surface area contributed by atoms with E-state index in [2.05, 4.69) is 0 Å². The number of esters is 1. The highest BCUT2D eigenvalue weighted by Crippen LogP contribution is 2.18. The van der Waals surface area contributed by atoms with Gasteiger partial charge in [0.05, 0.1) is 18.8 Å². The average Bonchev–Trinajstić information content (AvgIpc) is 2.37. The summed E-state index contributed by atoms with van der Waals surface area (Å²) >= 11 is 0. The van der Waals surface area contributed by atoms with Gasteiger partial charge < -0.3 is 9.84 Å². The quantitative estimate of drug-likeness (QED) is 0.627. The van der Waals surface area contributed by atoms with Crippen molar-refractivity contribution in [2.75, 3.05) is 6.61 Å². The van der Waals surface area contributed by atoms with E-state index in [0.717, 1.165) is 0 Å². The molecule has 0 saturated carbocycles. The molecule has 92 valence electrons. The lowest BCUT2D eigenvalue weighted by Crippen LogP contribution is -2.12. The molecule has 0 aliphatic heterocycles. The van der Waals surface area contributed by atoms with Crippen molar-refractivity contribution in [3.05, 3.63) is 34.9 Å². The Labute approximate surface area is 100 Å². The molecule has 17 heavy (non-hydrogen) atoms. The maximum Gasteiger partial charge on any atom is 0.338 e. The van der Waals surface area contributed by atoms with Gasteiger partial charge in [0.1, 0.15) is 0 Å². The fourth-order valence-corrected chi connectivity index (χ4v) is 1.61. The number of ketones is 1. The van der Waals surface area contributed by atoms with Gasteiger partial charge in [0.2, 0.25) is 0 Å². The Kier molecular flexibility index (Phi) is 4.84. The van der Waals surface area contributed by atoms with Crippen molar-refractivity contribution in [1.29, 1.82) is 0 Å². The van der Waals surface area contributed by atoms with Gasteiger partial charge in [0, 0.05) is 17.5 Å². The molecule has 4 nitrogen and oxygen atoms in total. The van der Waals surface area contributed by atoms with Crippen molar-refractivity contribution in [2.24, 2.45) is 0 Å². The van der Waals surface area contributed by atoms with E-state index >= 15 is 0 Å². The molecular weight excluding hydrogens is 220 g/mol. The number of Topliss-reactive ketones (excluding diaryl/α,β-unsaturated/α-hetero) is 1. The topological polar surface area (TPSA) is 63.6 Å². The predicted octanol–water partition coefficient (Wildman–Crippen LogP) is 1.95. The summed E-state index contributed by atoms with van der Waals surface area (Å²) in [6.07, 6.45) is 0.333. The van der Waals surface area contributed by atoms with E-state index in [4.69, 9.17) is 4.74 Å². The third kappa shape index (κ3) is 2.91. The van der Waals surface area contributed by atoms with Crippen LogP contribution in [-0.4, -0.2) is 23.5 Å². The van der Waals surface area contributed by atoms with Crippen LogP contribution in [0.15, 0.2) is 18.2 Å². The highest BCUT2D eigenvalue weighted by molar-refractivity contribution is 6.01. The van der Waals surface area contributed by atoms with E-state index < -0.39 is 5.97 Å². The normalized spacial score (nSPS) is 10.1. The maximum atomic E-state index is 11.7. The molecule has 0 saturated heterocycles. The molecule has 0 aromatic heterocycles. The first-order chi connectivity index (χ1) is 8.15. The molecule has 1 aromatic rings. The summed E-state index contributed by atoms with van der Waals surface area (Å²) in [6.45, 7) is 3.35. The summed E-state index contributed by atoms with van der Waals surface area (Å²) in [6, 6.07) is 4.78. The average molecular weight is 236 g/mol. The van der Waals surface area contributed by atoms with Crippen molar-refractivity contribution in [3.63, 3.8) is 0 Å². The number of carbonyl (C=O) groups is 2. The Morgan fingerprint density at radius 2 is 1.88 bits per heavy atom. The minimum absolute atomic E-state index is 0.0970. The number of rotatable bonds is 5. The van der Waals surface area contributed by atoms with Crippen LogP contribution in [0.2, 0.25) is 0 Å². The smallest absolute Gasteiger partial charge is 0.338 e. The van der Waals surface area contributed by atoms with Gasteiger partial charge in [0.25, 0.3) is 0 Å². The fourth-order valence-electron chi connectivity index (χ4n) is 1.61. The zero-order valence-corrected chi connectivity index (χ0v) is 10.0.